The van der Waals surface area contributed by atoms with Gasteiger partial charge in [0.2, 0.25) is 0 Å². The Kier molecular flexibility index (Phi) is 3.91. The molecule has 2 atom stereocenters. The number of primary amides is 1. The van der Waals surface area contributed by atoms with E-state index in [2.05, 4.69) is 10.4 Å². The van der Waals surface area contributed by atoms with E-state index in [1.807, 2.05) is 0 Å². The molecule has 1 aliphatic heterocycles. The van der Waals surface area contributed by atoms with Crippen molar-refractivity contribution in [3.8, 4) is 0 Å². The summed E-state index contributed by atoms with van der Waals surface area (Å²) in [6.45, 7) is 1.07. The van der Waals surface area contributed by atoms with Crippen molar-refractivity contribution in [2.24, 2.45) is 5.73 Å². The molecule has 8 heteroatoms. The summed E-state index contributed by atoms with van der Waals surface area (Å²) in [5.74, 6) is -0.549. The van der Waals surface area contributed by atoms with Crippen molar-refractivity contribution in [3.05, 3.63) is 18.0 Å². The predicted octanol–water partition coefficient (Wildman–Crippen LogP) is -0.853. The van der Waals surface area contributed by atoms with Crippen molar-refractivity contribution in [1.29, 1.82) is 0 Å². The molecule has 19 heavy (non-hydrogen) atoms. The standard InChI is InChI=1S/C11H18N4O3S/c1-19(17,18)9-3-2-8(13-6-9)7-15-5-4-10(14-15)11(12)16/h4-5,8-9,13H,2-3,6-7H2,1H3,(H2,12,16)/t8-,9-/m0/s1. The van der Waals surface area contributed by atoms with E-state index in [1.54, 1.807) is 16.9 Å². The quantitative estimate of drug-likeness (QED) is 0.749. The Hall–Kier alpha value is -1.41. The molecule has 1 aliphatic rings. The van der Waals surface area contributed by atoms with Crippen LogP contribution in [0.1, 0.15) is 23.3 Å². The molecule has 1 aromatic heterocycles. The number of rotatable bonds is 4. The van der Waals surface area contributed by atoms with Crippen LogP contribution in [0.3, 0.4) is 0 Å². The smallest absolute Gasteiger partial charge is 0.269 e. The van der Waals surface area contributed by atoms with Crippen LogP contribution in [0.5, 0.6) is 0 Å². The molecule has 0 radical (unpaired) electrons. The van der Waals surface area contributed by atoms with E-state index in [0.29, 0.717) is 19.5 Å². The molecule has 0 aliphatic carbocycles. The Labute approximate surface area is 112 Å². The summed E-state index contributed by atoms with van der Waals surface area (Å²) in [5.41, 5.74) is 5.37. The lowest BCUT2D eigenvalue weighted by Crippen LogP contribution is -2.46. The summed E-state index contributed by atoms with van der Waals surface area (Å²) in [6.07, 6.45) is 4.39. The van der Waals surface area contributed by atoms with Crippen molar-refractivity contribution in [2.75, 3.05) is 12.8 Å². The number of aromatic nitrogens is 2. The van der Waals surface area contributed by atoms with Crippen molar-refractivity contribution < 1.29 is 13.2 Å². The van der Waals surface area contributed by atoms with Gasteiger partial charge in [-0.1, -0.05) is 0 Å². The summed E-state index contributed by atoms with van der Waals surface area (Å²) >= 11 is 0. The number of piperidine rings is 1. The van der Waals surface area contributed by atoms with Gasteiger partial charge in [-0.15, -0.1) is 0 Å². The molecule has 106 valence electrons. The molecule has 7 nitrogen and oxygen atoms in total. The number of nitrogens with zero attached hydrogens (tertiary/aromatic N) is 2. The second-order valence-electron chi connectivity index (χ2n) is 4.92. The van der Waals surface area contributed by atoms with Crippen molar-refractivity contribution in [1.82, 2.24) is 15.1 Å². The van der Waals surface area contributed by atoms with E-state index in [0.717, 1.165) is 6.42 Å². The monoisotopic (exact) mass is 286 g/mol. The minimum Gasteiger partial charge on any atom is -0.364 e. The molecule has 0 bridgehead atoms. The van der Waals surface area contributed by atoms with Crippen LogP contribution in [0.15, 0.2) is 12.3 Å². The lowest BCUT2D eigenvalue weighted by Gasteiger charge is -2.28. The van der Waals surface area contributed by atoms with E-state index in [4.69, 9.17) is 5.73 Å². The highest BCUT2D eigenvalue weighted by molar-refractivity contribution is 7.91. The van der Waals surface area contributed by atoms with Crippen LogP contribution < -0.4 is 11.1 Å². The number of hydrogen-bond donors (Lipinski definition) is 2. The molecule has 1 aromatic rings. The topological polar surface area (TPSA) is 107 Å². The number of sulfone groups is 1. The number of nitrogens with one attached hydrogen (secondary N) is 1. The zero-order chi connectivity index (χ0) is 14.0. The maximum atomic E-state index is 11.4. The van der Waals surface area contributed by atoms with Crippen molar-refractivity contribution >= 4 is 15.7 Å². The fourth-order valence-electron chi connectivity index (χ4n) is 2.23. The molecule has 2 heterocycles. The molecule has 0 aromatic carbocycles. The minimum absolute atomic E-state index is 0.165. The second kappa shape index (κ2) is 5.30. The van der Waals surface area contributed by atoms with E-state index in [9.17, 15) is 13.2 Å². The molecule has 0 spiro atoms. The highest BCUT2D eigenvalue weighted by atomic mass is 32.2. The molecule has 2 rings (SSSR count). The first-order valence-electron chi connectivity index (χ1n) is 6.12. The van der Waals surface area contributed by atoms with Gasteiger partial charge in [-0.25, -0.2) is 8.42 Å². The minimum atomic E-state index is -2.98. The molecule has 1 amide bonds. The second-order valence-corrected chi connectivity index (χ2v) is 7.25. The van der Waals surface area contributed by atoms with Gasteiger partial charge in [-0.2, -0.15) is 5.10 Å². The Morgan fingerprint density at radius 3 is 2.79 bits per heavy atom. The summed E-state index contributed by atoms with van der Waals surface area (Å²) in [5, 5.41) is 6.96. The molecule has 1 saturated heterocycles. The normalized spacial score (nSPS) is 24.3. The Morgan fingerprint density at radius 1 is 1.58 bits per heavy atom. The van der Waals surface area contributed by atoms with Gasteiger partial charge in [0.15, 0.2) is 9.84 Å². The van der Waals surface area contributed by atoms with Crippen LogP contribution in [0.2, 0.25) is 0 Å². The third-order valence-electron chi connectivity index (χ3n) is 3.38. The summed E-state index contributed by atoms with van der Waals surface area (Å²) < 4.78 is 24.5. The van der Waals surface area contributed by atoms with Gasteiger partial charge in [-0.3, -0.25) is 9.48 Å². The fourth-order valence-corrected chi connectivity index (χ4v) is 3.19. The highest BCUT2D eigenvalue weighted by Gasteiger charge is 2.27. The largest absolute Gasteiger partial charge is 0.364 e. The molecule has 0 saturated carbocycles. The van der Waals surface area contributed by atoms with Gasteiger partial charge in [0, 0.05) is 25.0 Å². The highest BCUT2D eigenvalue weighted by Crippen LogP contribution is 2.15. The number of carbonyl (C=O) groups excluding carboxylic acids is 1. The predicted molar refractivity (Wildman–Crippen MR) is 70.4 cm³/mol. The summed E-state index contributed by atoms with van der Waals surface area (Å²) in [6, 6.07) is 1.74. The first-order chi connectivity index (χ1) is 8.86. The summed E-state index contributed by atoms with van der Waals surface area (Å²) in [4.78, 5) is 10.9. The molecule has 3 N–H and O–H groups in total. The van der Waals surface area contributed by atoms with E-state index in [1.165, 1.54) is 6.26 Å². The SMILES string of the molecule is CS(=O)(=O)[C@H]1CC[C@@H](Cn2ccc(C(N)=O)n2)NC1. The average Bonchev–Trinajstić information content (AvgIpc) is 2.77. The van der Waals surface area contributed by atoms with Crippen LogP contribution >= 0.6 is 0 Å². The van der Waals surface area contributed by atoms with Crippen molar-refractivity contribution in [2.45, 2.75) is 30.7 Å². The zero-order valence-corrected chi connectivity index (χ0v) is 11.6. The maximum Gasteiger partial charge on any atom is 0.269 e. The van der Waals surface area contributed by atoms with Gasteiger partial charge >= 0.3 is 0 Å². The lowest BCUT2D eigenvalue weighted by molar-refractivity contribution is 0.0994. The van der Waals surface area contributed by atoms with Crippen LogP contribution in [0.25, 0.3) is 0 Å². The molecular formula is C11H18N4O3S. The first kappa shape index (κ1) is 14.0. The Balaban J connectivity index is 1.90. The van der Waals surface area contributed by atoms with E-state index in [-0.39, 0.29) is 17.0 Å². The van der Waals surface area contributed by atoms with Gasteiger partial charge in [0.1, 0.15) is 5.69 Å². The molecule has 0 unspecified atom stereocenters. The maximum absolute atomic E-state index is 11.4. The Bertz CT molecular complexity index is 558. The molecular weight excluding hydrogens is 268 g/mol. The number of amides is 1. The zero-order valence-electron chi connectivity index (χ0n) is 10.7. The van der Waals surface area contributed by atoms with Crippen molar-refractivity contribution in [3.63, 3.8) is 0 Å². The van der Waals surface area contributed by atoms with Gasteiger partial charge in [-0.05, 0) is 18.9 Å². The number of nitrogens with two attached hydrogens (primary N) is 1. The third kappa shape index (κ3) is 3.54. The summed E-state index contributed by atoms with van der Waals surface area (Å²) in [7, 11) is -2.98. The van der Waals surface area contributed by atoms with Crippen LogP contribution in [0, 0.1) is 0 Å². The number of carbonyl (C=O) groups is 1. The lowest BCUT2D eigenvalue weighted by atomic mass is 10.0. The van der Waals surface area contributed by atoms with E-state index >= 15 is 0 Å². The van der Waals surface area contributed by atoms with Gasteiger partial charge in [0.05, 0.1) is 11.8 Å². The molecule has 1 fully saturated rings. The average molecular weight is 286 g/mol. The van der Waals surface area contributed by atoms with Gasteiger partial charge < -0.3 is 11.1 Å². The fraction of sp³-hybridized carbons (Fsp3) is 0.636. The number of hydrogen-bond acceptors (Lipinski definition) is 5. The van der Waals surface area contributed by atoms with Crippen LogP contribution in [-0.2, 0) is 16.4 Å². The Morgan fingerprint density at radius 2 is 2.32 bits per heavy atom. The van der Waals surface area contributed by atoms with E-state index < -0.39 is 15.7 Å². The van der Waals surface area contributed by atoms with Gasteiger partial charge in [0.25, 0.3) is 5.91 Å². The first-order valence-corrected chi connectivity index (χ1v) is 8.07. The van der Waals surface area contributed by atoms with Crippen LogP contribution in [0.4, 0.5) is 0 Å². The van der Waals surface area contributed by atoms with Crippen LogP contribution in [-0.4, -0.2) is 48.2 Å². The third-order valence-corrected chi connectivity index (χ3v) is 4.99.